The van der Waals surface area contributed by atoms with Crippen molar-refractivity contribution in [2.75, 3.05) is 20.6 Å². The Balaban J connectivity index is 3.64. The van der Waals surface area contributed by atoms with Gasteiger partial charge in [-0.25, -0.2) is 0 Å². The zero-order valence-corrected chi connectivity index (χ0v) is 11.8. The van der Waals surface area contributed by atoms with Gasteiger partial charge in [0.15, 0.2) is 0 Å². The summed E-state index contributed by atoms with van der Waals surface area (Å²) in [5.41, 5.74) is 0.509. The van der Waals surface area contributed by atoms with E-state index in [0.717, 1.165) is 5.92 Å². The van der Waals surface area contributed by atoms with Gasteiger partial charge in [-0.15, -0.1) is 0 Å². The van der Waals surface area contributed by atoms with Gasteiger partial charge >= 0.3 is 0 Å². The second-order valence-electron chi connectivity index (χ2n) is 6.32. The van der Waals surface area contributed by atoms with Gasteiger partial charge in [0.25, 0.3) is 0 Å². The number of rotatable bonds is 7. The van der Waals surface area contributed by atoms with Crippen molar-refractivity contribution >= 4 is 0 Å². The molecule has 0 radical (unpaired) electrons. The second-order valence-corrected chi connectivity index (χ2v) is 6.32. The molecule has 0 aromatic heterocycles. The highest BCUT2D eigenvalue weighted by Crippen LogP contribution is 2.27. The average Bonchev–Trinajstić information content (AvgIpc) is 2.08. The lowest BCUT2D eigenvalue weighted by Crippen LogP contribution is -2.15. The average molecular weight is 213 g/mol. The molecule has 15 heavy (non-hydrogen) atoms. The SMILES string of the molecule is CC[C@H](CCCN(C)C)CCC(C)(C)C. The minimum atomic E-state index is 0.509. The Morgan fingerprint density at radius 3 is 2.07 bits per heavy atom. The molecule has 0 aromatic carbocycles. The Hall–Kier alpha value is -0.0400. The largest absolute Gasteiger partial charge is 0.309 e. The van der Waals surface area contributed by atoms with E-state index in [9.17, 15) is 0 Å². The van der Waals surface area contributed by atoms with Crippen molar-refractivity contribution in [3.8, 4) is 0 Å². The Morgan fingerprint density at radius 1 is 1.07 bits per heavy atom. The van der Waals surface area contributed by atoms with Crippen molar-refractivity contribution in [3.63, 3.8) is 0 Å². The van der Waals surface area contributed by atoms with E-state index in [1.165, 1.54) is 38.6 Å². The third kappa shape index (κ3) is 10.2. The Kier molecular flexibility index (Phi) is 7.25. The molecule has 0 aliphatic rings. The number of hydrogen-bond acceptors (Lipinski definition) is 1. The van der Waals surface area contributed by atoms with Crippen molar-refractivity contribution < 1.29 is 0 Å². The van der Waals surface area contributed by atoms with Gasteiger partial charge < -0.3 is 4.90 Å². The fraction of sp³-hybridized carbons (Fsp3) is 1.00. The van der Waals surface area contributed by atoms with Gasteiger partial charge in [0.2, 0.25) is 0 Å². The van der Waals surface area contributed by atoms with Crippen LogP contribution in [0.4, 0.5) is 0 Å². The van der Waals surface area contributed by atoms with Crippen LogP contribution in [0, 0.1) is 11.3 Å². The van der Waals surface area contributed by atoms with E-state index < -0.39 is 0 Å². The molecular weight excluding hydrogens is 182 g/mol. The quantitative estimate of drug-likeness (QED) is 0.613. The van der Waals surface area contributed by atoms with Crippen LogP contribution in [-0.4, -0.2) is 25.5 Å². The molecule has 0 spiro atoms. The maximum Gasteiger partial charge on any atom is -0.00247 e. The first-order valence-corrected chi connectivity index (χ1v) is 6.50. The maximum absolute atomic E-state index is 2.35. The number of hydrogen-bond donors (Lipinski definition) is 0. The molecule has 92 valence electrons. The van der Waals surface area contributed by atoms with E-state index in [2.05, 4.69) is 46.7 Å². The highest BCUT2D eigenvalue weighted by molar-refractivity contribution is 4.66. The van der Waals surface area contributed by atoms with Crippen LogP contribution in [0.2, 0.25) is 0 Å². The third-order valence-electron chi connectivity index (χ3n) is 3.10. The molecule has 0 heterocycles. The zero-order valence-electron chi connectivity index (χ0n) is 11.8. The summed E-state index contributed by atoms with van der Waals surface area (Å²) in [5.74, 6) is 0.948. The first-order chi connectivity index (χ1) is 6.85. The fourth-order valence-corrected chi connectivity index (χ4v) is 1.89. The zero-order chi connectivity index (χ0) is 11.9. The molecule has 1 atom stereocenters. The summed E-state index contributed by atoms with van der Waals surface area (Å²) >= 11 is 0. The minimum Gasteiger partial charge on any atom is -0.309 e. The lowest BCUT2D eigenvalue weighted by atomic mass is 9.84. The van der Waals surface area contributed by atoms with Crippen molar-refractivity contribution in [3.05, 3.63) is 0 Å². The molecule has 0 fully saturated rings. The summed E-state index contributed by atoms with van der Waals surface area (Å²) in [6, 6.07) is 0. The molecule has 0 saturated carbocycles. The molecule has 1 nitrogen and oxygen atoms in total. The molecule has 0 N–H and O–H groups in total. The minimum absolute atomic E-state index is 0.509. The van der Waals surface area contributed by atoms with Crippen molar-refractivity contribution in [1.82, 2.24) is 4.90 Å². The van der Waals surface area contributed by atoms with Gasteiger partial charge in [0.05, 0.1) is 0 Å². The van der Waals surface area contributed by atoms with E-state index in [0.29, 0.717) is 5.41 Å². The van der Waals surface area contributed by atoms with Crippen LogP contribution < -0.4 is 0 Å². The Morgan fingerprint density at radius 2 is 1.67 bits per heavy atom. The standard InChI is InChI=1S/C14H31N/c1-7-13(9-8-12-15(5)6)10-11-14(2,3)4/h13H,7-12H2,1-6H3/t13-/m1/s1. The van der Waals surface area contributed by atoms with E-state index >= 15 is 0 Å². The summed E-state index contributed by atoms with van der Waals surface area (Å²) in [7, 11) is 4.33. The topological polar surface area (TPSA) is 3.24 Å². The summed E-state index contributed by atoms with van der Waals surface area (Å²) in [6.45, 7) is 10.6. The predicted molar refractivity (Wildman–Crippen MR) is 70.3 cm³/mol. The van der Waals surface area contributed by atoms with Crippen LogP contribution in [0.15, 0.2) is 0 Å². The lowest BCUT2D eigenvalue weighted by molar-refractivity contribution is 0.294. The molecule has 0 aliphatic carbocycles. The first-order valence-electron chi connectivity index (χ1n) is 6.50. The Labute approximate surface area is 97.2 Å². The first kappa shape index (κ1) is 15.0. The van der Waals surface area contributed by atoms with Gasteiger partial charge in [-0.1, -0.05) is 34.1 Å². The van der Waals surface area contributed by atoms with Gasteiger partial charge in [-0.3, -0.25) is 0 Å². The molecule has 0 rings (SSSR count). The molecule has 1 heteroatoms. The van der Waals surface area contributed by atoms with Gasteiger partial charge in [0, 0.05) is 0 Å². The molecule has 0 saturated heterocycles. The molecular formula is C14H31N. The van der Waals surface area contributed by atoms with Crippen molar-refractivity contribution in [1.29, 1.82) is 0 Å². The van der Waals surface area contributed by atoms with Gasteiger partial charge in [-0.2, -0.15) is 0 Å². The smallest absolute Gasteiger partial charge is 0.00247 e. The maximum atomic E-state index is 2.35. The van der Waals surface area contributed by atoms with Crippen LogP contribution in [0.5, 0.6) is 0 Å². The molecule has 0 aromatic rings. The van der Waals surface area contributed by atoms with E-state index in [1.54, 1.807) is 0 Å². The Bertz CT molecular complexity index is 144. The van der Waals surface area contributed by atoms with Gasteiger partial charge in [0.1, 0.15) is 0 Å². The summed E-state index contributed by atoms with van der Waals surface area (Å²) in [6.07, 6.45) is 6.89. The normalized spacial score (nSPS) is 14.6. The lowest BCUT2D eigenvalue weighted by Gasteiger charge is -2.22. The summed E-state index contributed by atoms with van der Waals surface area (Å²) in [4.78, 5) is 2.29. The highest BCUT2D eigenvalue weighted by atomic mass is 15.0. The van der Waals surface area contributed by atoms with Gasteiger partial charge in [-0.05, 0) is 57.7 Å². The van der Waals surface area contributed by atoms with Crippen LogP contribution in [-0.2, 0) is 0 Å². The van der Waals surface area contributed by atoms with Crippen LogP contribution in [0.1, 0.15) is 59.8 Å². The second kappa shape index (κ2) is 7.27. The van der Waals surface area contributed by atoms with Crippen molar-refractivity contribution in [2.45, 2.75) is 59.8 Å². The van der Waals surface area contributed by atoms with E-state index in [1.807, 2.05) is 0 Å². The molecule has 0 bridgehead atoms. The van der Waals surface area contributed by atoms with Crippen LogP contribution >= 0.6 is 0 Å². The van der Waals surface area contributed by atoms with Crippen LogP contribution in [0.3, 0.4) is 0 Å². The molecule has 0 aliphatic heterocycles. The summed E-state index contributed by atoms with van der Waals surface area (Å²) < 4.78 is 0. The molecule has 0 unspecified atom stereocenters. The summed E-state index contributed by atoms with van der Waals surface area (Å²) in [5, 5.41) is 0. The van der Waals surface area contributed by atoms with Crippen LogP contribution in [0.25, 0.3) is 0 Å². The highest BCUT2D eigenvalue weighted by Gasteiger charge is 2.13. The fourth-order valence-electron chi connectivity index (χ4n) is 1.89. The third-order valence-corrected chi connectivity index (χ3v) is 3.10. The predicted octanol–water partition coefficient (Wildman–Crippen LogP) is 4.18. The number of nitrogens with zero attached hydrogens (tertiary/aromatic N) is 1. The van der Waals surface area contributed by atoms with E-state index in [4.69, 9.17) is 0 Å². The van der Waals surface area contributed by atoms with E-state index in [-0.39, 0.29) is 0 Å². The van der Waals surface area contributed by atoms with Crippen molar-refractivity contribution in [2.24, 2.45) is 11.3 Å². The molecule has 0 amide bonds. The monoisotopic (exact) mass is 213 g/mol.